The number of hydrogen-bond donors (Lipinski definition) is 1. The Morgan fingerprint density at radius 1 is 1.19 bits per heavy atom. The van der Waals surface area contributed by atoms with E-state index < -0.39 is 0 Å². The number of benzene rings is 2. The van der Waals surface area contributed by atoms with E-state index in [4.69, 9.17) is 4.74 Å². The van der Waals surface area contributed by atoms with Crippen LogP contribution in [0.2, 0.25) is 0 Å². The van der Waals surface area contributed by atoms with Crippen LogP contribution < -0.4 is 4.74 Å². The van der Waals surface area contributed by atoms with E-state index in [9.17, 15) is 10.4 Å². The molecule has 0 aliphatic heterocycles. The van der Waals surface area contributed by atoms with E-state index in [1.54, 1.807) is 11.3 Å². The number of rotatable bonds is 4. The van der Waals surface area contributed by atoms with Gasteiger partial charge >= 0.3 is 0 Å². The average molecular weight is 375 g/mol. The molecule has 0 saturated heterocycles. The molecule has 1 atom stereocenters. The number of thiophene rings is 1. The van der Waals surface area contributed by atoms with Crippen LogP contribution in [0.25, 0.3) is 21.6 Å². The zero-order valence-corrected chi connectivity index (χ0v) is 16.2. The summed E-state index contributed by atoms with van der Waals surface area (Å²) >= 11 is 1.70. The number of aliphatic hydroxyl groups excluding tert-OH is 1. The average Bonchev–Trinajstić information content (AvgIpc) is 3.29. The lowest BCUT2D eigenvalue weighted by Crippen LogP contribution is -2.06. The van der Waals surface area contributed by atoms with Gasteiger partial charge < -0.3 is 9.84 Å². The van der Waals surface area contributed by atoms with Crippen LogP contribution in [0.1, 0.15) is 43.1 Å². The molecule has 0 spiro atoms. The van der Waals surface area contributed by atoms with Crippen LogP contribution in [0.3, 0.4) is 0 Å². The lowest BCUT2D eigenvalue weighted by atomic mass is 10.00. The number of ether oxygens (including phenoxy) is 1. The molecule has 27 heavy (non-hydrogen) atoms. The molecule has 1 N–H and O–H groups in total. The normalized spacial score (nSPS) is 15.6. The zero-order chi connectivity index (χ0) is 19.0. The van der Waals surface area contributed by atoms with Crippen LogP contribution in [0.15, 0.2) is 47.8 Å². The van der Waals surface area contributed by atoms with Crippen LogP contribution in [0.4, 0.5) is 0 Å². The van der Waals surface area contributed by atoms with Crippen molar-refractivity contribution in [3.8, 4) is 33.4 Å². The van der Waals surface area contributed by atoms with Gasteiger partial charge in [-0.2, -0.15) is 5.26 Å². The summed E-state index contributed by atoms with van der Waals surface area (Å²) in [6, 6.07) is 16.4. The summed E-state index contributed by atoms with van der Waals surface area (Å²) in [5.74, 6) is 0.626. The molecule has 3 nitrogen and oxygen atoms in total. The van der Waals surface area contributed by atoms with Crippen molar-refractivity contribution in [2.45, 2.75) is 38.9 Å². The Balaban J connectivity index is 1.69. The van der Waals surface area contributed by atoms with Gasteiger partial charge in [0.1, 0.15) is 11.8 Å². The quantitative estimate of drug-likeness (QED) is 0.634. The fourth-order valence-corrected chi connectivity index (χ4v) is 4.62. The summed E-state index contributed by atoms with van der Waals surface area (Å²) in [6.45, 7) is 3.91. The van der Waals surface area contributed by atoms with Gasteiger partial charge in [0, 0.05) is 4.88 Å². The molecule has 0 amide bonds. The van der Waals surface area contributed by atoms with Crippen molar-refractivity contribution in [2.24, 2.45) is 0 Å². The van der Waals surface area contributed by atoms with Crippen LogP contribution in [-0.2, 0) is 6.42 Å². The van der Waals surface area contributed by atoms with Gasteiger partial charge in [0.15, 0.2) is 0 Å². The van der Waals surface area contributed by atoms with E-state index in [2.05, 4.69) is 23.6 Å². The second kappa shape index (κ2) is 7.19. The Labute approximate surface area is 163 Å². The zero-order valence-electron chi connectivity index (χ0n) is 15.4. The molecule has 4 rings (SSSR count). The Morgan fingerprint density at radius 2 is 2.04 bits per heavy atom. The van der Waals surface area contributed by atoms with Crippen molar-refractivity contribution in [1.82, 2.24) is 0 Å². The highest BCUT2D eigenvalue weighted by Gasteiger charge is 2.23. The molecule has 1 aliphatic rings. The number of aliphatic hydroxyl groups is 1. The van der Waals surface area contributed by atoms with Crippen molar-refractivity contribution < 1.29 is 9.84 Å². The number of nitriles is 1. The van der Waals surface area contributed by atoms with E-state index >= 15 is 0 Å². The summed E-state index contributed by atoms with van der Waals surface area (Å²) in [5.41, 5.74) is 6.19. The highest BCUT2D eigenvalue weighted by atomic mass is 32.1. The molecular weight excluding hydrogens is 354 g/mol. The van der Waals surface area contributed by atoms with Gasteiger partial charge in [0.05, 0.1) is 17.8 Å². The molecule has 1 heterocycles. The van der Waals surface area contributed by atoms with Crippen LogP contribution in [0, 0.1) is 11.3 Å². The van der Waals surface area contributed by atoms with Gasteiger partial charge in [-0.25, -0.2) is 0 Å². The Kier molecular flexibility index (Phi) is 4.73. The predicted molar refractivity (Wildman–Crippen MR) is 109 cm³/mol. The third kappa shape index (κ3) is 3.37. The molecule has 0 unspecified atom stereocenters. The molecule has 1 aromatic heterocycles. The van der Waals surface area contributed by atoms with Crippen molar-refractivity contribution in [3.05, 3.63) is 64.5 Å². The highest BCUT2D eigenvalue weighted by Crippen LogP contribution is 2.41. The first-order valence-corrected chi connectivity index (χ1v) is 10.0. The predicted octanol–water partition coefficient (Wildman–Crippen LogP) is 5.72. The molecule has 0 bridgehead atoms. The largest absolute Gasteiger partial charge is 0.490 e. The SMILES string of the molecule is CC(C)Oc1ccc(-c2csc(-c3cccc4c3CC[C@H]4O)c2)cc1C#N. The minimum atomic E-state index is -0.342. The van der Waals surface area contributed by atoms with E-state index in [1.807, 2.05) is 44.2 Å². The monoisotopic (exact) mass is 375 g/mol. The van der Waals surface area contributed by atoms with Crippen molar-refractivity contribution in [2.75, 3.05) is 0 Å². The molecule has 0 fully saturated rings. The van der Waals surface area contributed by atoms with Gasteiger partial charge in [-0.3, -0.25) is 0 Å². The fraction of sp³-hybridized carbons (Fsp3) is 0.261. The first-order chi connectivity index (χ1) is 13.1. The van der Waals surface area contributed by atoms with E-state index in [-0.39, 0.29) is 12.2 Å². The summed E-state index contributed by atoms with van der Waals surface area (Å²) < 4.78 is 5.72. The lowest BCUT2D eigenvalue weighted by molar-refractivity contribution is 0.180. The Hall–Kier alpha value is -2.61. The fourth-order valence-electron chi connectivity index (χ4n) is 3.65. The van der Waals surface area contributed by atoms with E-state index in [1.165, 1.54) is 16.0 Å². The van der Waals surface area contributed by atoms with Crippen molar-refractivity contribution >= 4 is 11.3 Å². The summed E-state index contributed by atoms with van der Waals surface area (Å²) in [6.07, 6.45) is 1.41. The summed E-state index contributed by atoms with van der Waals surface area (Å²) in [5, 5.41) is 21.7. The lowest BCUT2D eigenvalue weighted by Gasteiger charge is -2.11. The second-order valence-electron chi connectivity index (χ2n) is 7.12. The van der Waals surface area contributed by atoms with Gasteiger partial charge in [0.25, 0.3) is 0 Å². The molecule has 0 radical (unpaired) electrons. The first kappa shape index (κ1) is 17.8. The number of nitrogens with zero attached hydrogens (tertiary/aromatic N) is 1. The van der Waals surface area contributed by atoms with Crippen LogP contribution >= 0.6 is 11.3 Å². The number of fused-ring (bicyclic) bond motifs is 1. The maximum absolute atomic E-state index is 10.1. The third-order valence-corrected chi connectivity index (χ3v) is 5.86. The maximum Gasteiger partial charge on any atom is 0.137 e. The minimum Gasteiger partial charge on any atom is -0.490 e. The molecule has 136 valence electrons. The Bertz CT molecular complexity index is 1030. The second-order valence-corrected chi connectivity index (χ2v) is 8.03. The standard InChI is InChI=1S/C23H21NO2S/c1-14(2)26-22-9-6-15(10-16(22)12-24)17-11-23(27-13-17)20-5-3-4-19-18(20)7-8-21(19)25/h3-6,9-11,13-14,21,25H,7-8H2,1-2H3/t21-/m1/s1. The highest BCUT2D eigenvalue weighted by molar-refractivity contribution is 7.14. The molecule has 3 aromatic rings. The van der Waals surface area contributed by atoms with E-state index in [0.717, 1.165) is 29.5 Å². The number of hydrogen-bond acceptors (Lipinski definition) is 4. The van der Waals surface area contributed by atoms with Crippen LogP contribution in [0.5, 0.6) is 5.75 Å². The van der Waals surface area contributed by atoms with Crippen LogP contribution in [-0.4, -0.2) is 11.2 Å². The van der Waals surface area contributed by atoms with Gasteiger partial charge in [-0.05, 0) is 78.1 Å². The maximum atomic E-state index is 10.1. The van der Waals surface area contributed by atoms with Crippen molar-refractivity contribution in [1.29, 1.82) is 5.26 Å². The third-order valence-electron chi connectivity index (χ3n) is 4.90. The first-order valence-electron chi connectivity index (χ1n) is 9.16. The smallest absolute Gasteiger partial charge is 0.137 e. The molecule has 2 aromatic carbocycles. The van der Waals surface area contributed by atoms with E-state index in [0.29, 0.717) is 11.3 Å². The summed E-state index contributed by atoms with van der Waals surface area (Å²) in [7, 11) is 0. The molecule has 0 saturated carbocycles. The molecular formula is C23H21NO2S. The Morgan fingerprint density at radius 3 is 2.81 bits per heavy atom. The van der Waals surface area contributed by atoms with Gasteiger partial charge in [-0.1, -0.05) is 24.3 Å². The van der Waals surface area contributed by atoms with Gasteiger partial charge in [0.2, 0.25) is 0 Å². The molecule has 4 heteroatoms. The molecule has 1 aliphatic carbocycles. The van der Waals surface area contributed by atoms with Crippen molar-refractivity contribution in [3.63, 3.8) is 0 Å². The van der Waals surface area contributed by atoms with Gasteiger partial charge in [-0.15, -0.1) is 11.3 Å². The minimum absolute atomic E-state index is 0.0335. The summed E-state index contributed by atoms with van der Waals surface area (Å²) in [4.78, 5) is 1.19. The topological polar surface area (TPSA) is 53.2 Å².